The third-order valence-electron chi connectivity index (χ3n) is 4.89. The first-order valence-electron chi connectivity index (χ1n) is 9.41. The van der Waals surface area contributed by atoms with Crippen molar-refractivity contribution in [1.29, 1.82) is 0 Å². The maximum atomic E-state index is 12.7. The zero-order valence-electron chi connectivity index (χ0n) is 15.9. The topological polar surface area (TPSA) is 101 Å². The summed E-state index contributed by atoms with van der Waals surface area (Å²) in [5.41, 5.74) is 0.701. The maximum absolute atomic E-state index is 12.7. The van der Waals surface area contributed by atoms with Crippen LogP contribution in [0.25, 0.3) is 11.0 Å². The van der Waals surface area contributed by atoms with Gasteiger partial charge in [0.25, 0.3) is 5.91 Å². The number of amides is 3. The van der Waals surface area contributed by atoms with Crippen LogP contribution in [0.2, 0.25) is 0 Å². The molecule has 1 saturated heterocycles. The Bertz CT molecular complexity index is 806. The molecule has 150 valence electrons. The molecule has 1 aromatic heterocycles. The molecule has 0 radical (unpaired) electrons. The second kappa shape index (κ2) is 9.36. The van der Waals surface area contributed by atoms with E-state index in [9.17, 15) is 14.4 Å². The van der Waals surface area contributed by atoms with E-state index < -0.39 is 11.8 Å². The van der Waals surface area contributed by atoms with Crippen molar-refractivity contribution in [2.75, 3.05) is 39.9 Å². The minimum absolute atomic E-state index is 0.115. The van der Waals surface area contributed by atoms with Crippen LogP contribution in [0.1, 0.15) is 23.4 Å². The predicted octanol–water partition coefficient (Wildman–Crippen LogP) is 1.16. The van der Waals surface area contributed by atoms with Crippen LogP contribution in [-0.4, -0.2) is 62.5 Å². The minimum Gasteiger partial charge on any atom is -0.451 e. The van der Waals surface area contributed by atoms with E-state index in [2.05, 4.69) is 10.6 Å². The molecule has 1 aromatic carbocycles. The van der Waals surface area contributed by atoms with Crippen molar-refractivity contribution in [3.63, 3.8) is 0 Å². The molecule has 1 fully saturated rings. The molecular weight excluding hydrogens is 362 g/mol. The lowest BCUT2D eigenvalue weighted by atomic mass is 9.96. The van der Waals surface area contributed by atoms with E-state index in [1.807, 2.05) is 24.3 Å². The number of ether oxygens (including phenoxy) is 1. The number of rotatable bonds is 6. The summed E-state index contributed by atoms with van der Waals surface area (Å²) in [4.78, 5) is 37.8. The van der Waals surface area contributed by atoms with E-state index >= 15 is 0 Å². The van der Waals surface area contributed by atoms with E-state index in [1.54, 1.807) is 11.0 Å². The average molecular weight is 387 g/mol. The molecule has 0 atom stereocenters. The highest BCUT2D eigenvalue weighted by molar-refractivity contribution is 6.35. The van der Waals surface area contributed by atoms with E-state index in [-0.39, 0.29) is 11.8 Å². The molecule has 2 heterocycles. The number of likely N-dealkylation sites (tertiary alicyclic amines) is 1. The highest BCUT2D eigenvalue weighted by atomic mass is 16.5. The Morgan fingerprint density at radius 1 is 1.14 bits per heavy atom. The van der Waals surface area contributed by atoms with Gasteiger partial charge in [0, 0.05) is 38.7 Å². The van der Waals surface area contributed by atoms with Gasteiger partial charge in [-0.1, -0.05) is 18.2 Å². The van der Waals surface area contributed by atoms with Crippen molar-refractivity contribution in [2.24, 2.45) is 5.92 Å². The Kier molecular flexibility index (Phi) is 6.65. The zero-order valence-corrected chi connectivity index (χ0v) is 15.9. The lowest BCUT2D eigenvalue weighted by Crippen LogP contribution is -2.45. The van der Waals surface area contributed by atoms with Crippen LogP contribution in [-0.2, 0) is 14.3 Å². The van der Waals surface area contributed by atoms with Gasteiger partial charge in [-0.25, -0.2) is 0 Å². The molecule has 0 bridgehead atoms. The Hall–Kier alpha value is -2.87. The van der Waals surface area contributed by atoms with Crippen LogP contribution in [0.4, 0.5) is 0 Å². The SMILES string of the molecule is COCCNC(=O)C(=O)NCC1CCN(C(=O)c2cc3ccccc3o2)CC1. The van der Waals surface area contributed by atoms with Crippen molar-refractivity contribution in [3.05, 3.63) is 36.1 Å². The van der Waals surface area contributed by atoms with Gasteiger partial charge < -0.3 is 24.7 Å². The van der Waals surface area contributed by atoms with Crippen molar-refractivity contribution >= 4 is 28.7 Å². The average Bonchev–Trinajstić information content (AvgIpc) is 3.16. The molecule has 2 aromatic rings. The van der Waals surface area contributed by atoms with Crippen LogP contribution in [0.5, 0.6) is 0 Å². The summed E-state index contributed by atoms with van der Waals surface area (Å²) in [6.07, 6.45) is 1.52. The van der Waals surface area contributed by atoms with Gasteiger partial charge in [0.1, 0.15) is 5.58 Å². The smallest absolute Gasteiger partial charge is 0.309 e. The number of piperidine rings is 1. The molecule has 0 saturated carbocycles. The summed E-state index contributed by atoms with van der Waals surface area (Å²) in [6, 6.07) is 9.30. The molecule has 3 rings (SSSR count). The van der Waals surface area contributed by atoms with Gasteiger partial charge in [0.05, 0.1) is 6.61 Å². The third kappa shape index (κ3) is 4.89. The minimum atomic E-state index is -0.658. The molecule has 3 amide bonds. The number of nitrogens with one attached hydrogen (secondary N) is 2. The third-order valence-corrected chi connectivity index (χ3v) is 4.89. The standard InChI is InChI=1S/C20H25N3O5/c1-27-11-8-21-18(24)19(25)22-13-14-6-9-23(10-7-14)20(26)17-12-15-4-2-3-5-16(15)28-17/h2-5,12,14H,6-11,13H2,1H3,(H,21,24)(H,22,25). The number of benzene rings is 1. The summed E-state index contributed by atoms with van der Waals surface area (Å²) >= 11 is 0. The fraction of sp³-hybridized carbons (Fsp3) is 0.450. The Balaban J connectivity index is 1.43. The maximum Gasteiger partial charge on any atom is 0.309 e. The van der Waals surface area contributed by atoms with E-state index in [0.717, 1.165) is 18.2 Å². The molecule has 8 heteroatoms. The number of nitrogens with zero attached hydrogens (tertiary/aromatic N) is 1. The Morgan fingerprint density at radius 3 is 2.57 bits per heavy atom. The van der Waals surface area contributed by atoms with Crippen LogP contribution < -0.4 is 10.6 Å². The fourth-order valence-corrected chi connectivity index (χ4v) is 3.25. The Morgan fingerprint density at radius 2 is 1.86 bits per heavy atom. The van der Waals surface area contributed by atoms with Crippen molar-refractivity contribution in [2.45, 2.75) is 12.8 Å². The number of hydrogen-bond acceptors (Lipinski definition) is 5. The number of hydrogen-bond donors (Lipinski definition) is 2. The van der Waals surface area contributed by atoms with Crippen LogP contribution in [0, 0.1) is 5.92 Å². The molecule has 1 aliphatic heterocycles. The number of carbonyl (C=O) groups excluding carboxylic acids is 3. The lowest BCUT2D eigenvalue weighted by Gasteiger charge is -2.31. The van der Waals surface area contributed by atoms with E-state index in [0.29, 0.717) is 44.1 Å². The molecule has 0 unspecified atom stereocenters. The van der Waals surface area contributed by atoms with Crippen molar-refractivity contribution < 1.29 is 23.5 Å². The van der Waals surface area contributed by atoms with Gasteiger partial charge in [0.15, 0.2) is 5.76 Å². The number of para-hydroxylation sites is 1. The van der Waals surface area contributed by atoms with E-state index in [1.165, 1.54) is 7.11 Å². The lowest BCUT2D eigenvalue weighted by molar-refractivity contribution is -0.139. The van der Waals surface area contributed by atoms with Crippen LogP contribution >= 0.6 is 0 Å². The number of fused-ring (bicyclic) bond motifs is 1. The summed E-state index contributed by atoms with van der Waals surface area (Å²) in [7, 11) is 1.53. The van der Waals surface area contributed by atoms with Crippen LogP contribution in [0.15, 0.2) is 34.7 Å². The summed E-state index contributed by atoms with van der Waals surface area (Å²) < 4.78 is 10.5. The summed E-state index contributed by atoms with van der Waals surface area (Å²) in [5.74, 6) is -0.834. The molecule has 2 N–H and O–H groups in total. The molecule has 28 heavy (non-hydrogen) atoms. The monoisotopic (exact) mass is 387 g/mol. The van der Waals surface area contributed by atoms with Gasteiger partial charge >= 0.3 is 11.8 Å². The first-order valence-corrected chi connectivity index (χ1v) is 9.41. The summed E-state index contributed by atoms with van der Waals surface area (Å²) in [6.45, 7) is 2.26. The van der Waals surface area contributed by atoms with Gasteiger partial charge in [-0.2, -0.15) is 0 Å². The highest BCUT2D eigenvalue weighted by Gasteiger charge is 2.26. The number of methoxy groups -OCH3 is 1. The number of carbonyl (C=O) groups is 3. The van der Waals surface area contributed by atoms with Crippen LogP contribution in [0.3, 0.4) is 0 Å². The largest absolute Gasteiger partial charge is 0.451 e. The quantitative estimate of drug-likeness (QED) is 0.572. The Labute approximate surface area is 163 Å². The highest BCUT2D eigenvalue weighted by Crippen LogP contribution is 2.23. The molecular formula is C20H25N3O5. The van der Waals surface area contributed by atoms with E-state index in [4.69, 9.17) is 9.15 Å². The van der Waals surface area contributed by atoms with Gasteiger partial charge in [-0.3, -0.25) is 14.4 Å². The first-order chi connectivity index (χ1) is 13.6. The molecule has 0 aliphatic carbocycles. The van der Waals surface area contributed by atoms with Gasteiger partial charge in [-0.15, -0.1) is 0 Å². The second-order valence-electron chi connectivity index (χ2n) is 6.84. The first kappa shape index (κ1) is 19.9. The molecule has 1 aliphatic rings. The molecule has 8 nitrogen and oxygen atoms in total. The molecule has 0 spiro atoms. The van der Waals surface area contributed by atoms with Gasteiger partial charge in [-0.05, 0) is 30.9 Å². The zero-order chi connectivity index (χ0) is 19.9. The number of furan rings is 1. The van der Waals surface area contributed by atoms with Gasteiger partial charge in [0.2, 0.25) is 0 Å². The fourth-order valence-electron chi connectivity index (χ4n) is 3.25. The predicted molar refractivity (Wildman–Crippen MR) is 103 cm³/mol. The second-order valence-corrected chi connectivity index (χ2v) is 6.84. The van der Waals surface area contributed by atoms with Crippen molar-refractivity contribution in [1.82, 2.24) is 15.5 Å². The summed E-state index contributed by atoms with van der Waals surface area (Å²) in [5, 5.41) is 6.05. The normalized spacial score (nSPS) is 14.8. The van der Waals surface area contributed by atoms with Crippen molar-refractivity contribution in [3.8, 4) is 0 Å².